The Labute approximate surface area is 169 Å². The first-order chi connectivity index (χ1) is 13.7. The largest absolute Gasteiger partial charge is 0.354 e. The molecule has 0 unspecified atom stereocenters. The van der Waals surface area contributed by atoms with Gasteiger partial charge in [-0.2, -0.15) is 0 Å². The number of nitrogens with one attached hydrogen (secondary N) is 3. The molecule has 2 amide bonds. The second-order valence-electron chi connectivity index (χ2n) is 6.71. The van der Waals surface area contributed by atoms with Crippen LogP contribution in [0.1, 0.15) is 29.8 Å². The Kier molecular flexibility index (Phi) is 7.86. The zero-order chi connectivity index (χ0) is 21.4. The van der Waals surface area contributed by atoms with E-state index in [4.69, 9.17) is 0 Å². The lowest BCUT2D eigenvalue weighted by molar-refractivity contribution is -0.120. The first kappa shape index (κ1) is 22.5. The van der Waals surface area contributed by atoms with E-state index in [1.54, 1.807) is 26.0 Å². The molecule has 29 heavy (non-hydrogen) atoms. The highest BCUT2D eigenvalue weighted by Gasteiger charge is 2.16. The second-order valence-corrected chi connectivity index (χ2v) is 8.43. The minimum Gasteiger partial charge on any atom is -0.354 e. The number of amides is 2. The highest BCUT2D eigenvalue weighted by Crippen LogP contribution is 2.11. The van der Waals surface area contributed by atoms with Crippen molar-refractivity contribution in [1.82, 2.24) is 15.4 Å². The number of benzene rings is 2. The minimum absolute atomic E-state index is 0.0536. The summed E-state index contributed by atoms with van der Waals surface area (Å²) in [5.74, 6) is -1.21. The SMILES string of the molecule is CC(C)NS(=O)(=O)c1ccc(C(=O)NCC(=O)NCCc2cccc(F)c2)cc1. The number of sulfonamides is 1. The van der Waals surface area contributed by atoms with Crippen molar-refractivity contribution in [3.63, 3.8) is 0 Å². The fourth-order valence-electron chi connectivity index (χ4n) is 2.53. The Bertz CT molecular complexity index is 960. The molecule has 0 heterocycles. The molecule has 7 nitrogen and oxygen atoms in total. The van der Waals surface area contributed by atoms with Gasteiger partial charge in [0.05, 0.1) is 11.4 Å². The van der Waals surface area contributed by atoms with E-state index in [0.29, 0.717) is 13.0 Å². The first-order valence-electron chi connectivity index (χ1n) is 9.09. The Balaban J connectivity index is 1.80. The summed E-state index contributed by atoms with van der Waals surface area (Å²) in [5, 5.41) is 5.11. The zero-order valence-corrected chi connectivity index (χ0v) is 17.1. The molecule has 9 heteroatoms. The van der Waals surface area contributed by atoms with Crippen LogP contribution in [0.2, 0.25) is 0 Å². The summed E-state index contributed by atoms with van der Waals surface area (Å²) in [6.07, 6.45) is 0.470. The lowest BCUT2D eigenvalue weighted by Gasteiger charge is -2.10. The molecule has 0 saturated carbocycles. The standard InChI is InChI=1S/C20H24FN3O4S/c1-14(2)24-29(27,28)18-8-6-16(7-9-18)20(26)23-13-19(25)22-11-10-15-4-3-5-17(21)12-15/h3-9,12,14,24H,10-11,13H2,1-2H3,(H,22,25)(H,23,26). The van der Waals surface area contributed by atoms with Crippen LogP contribution in [-0.4, -0.2) is 39.4 Å². The fourth-order valence-corrected chi connectivity index (χ4v) is 3.78. The van der Waals surface area contributed by atoms with Crippen LogP contribution in [0, 0.1) is 5.82 Å². The first-order valence-corrected chi connectivity index (χ1v) is 10.6. The van der Waals surface area contributed by atoms with Crippen molar-refractivity contribution in [3.05, 3.63) is 65.5 Å². The van der Waals surface area contributed by atoms with E-state index in [-0.39, 0.29) is 34.8 Å². The van der Waals surface area contributed by atoms with Crippen LogP contribution < -0.4 is 15.4 Å². The number of hydrogen-bond acceptors (Lipinski definition) is 4. The van der Waals surface area contributed by atoms with E-state index in [2.05, 4.69) is 15.4 Å². The Morgan fingerprint density at radius 3 is 2.34 bits per heavy atom. The quantitative estimate of drug-likeness (QED) is 0.572. The summed E-state index contributed by atoms with van der Waals surface area (Å²) in [4.78, 5) is 24.0. The van der Waals surface area contributed by atoms with E-state index in [1.165, 1.54) is 36.4 Å². The summed E-state index contributed by atoms with van der Waals surface area (Å²) in [6.45, 7) is 3.51. The lowest BCUT2D eigenvalue weighted by atomic mass is 10.1. The number of rotatable bonds is 9. The minimum atomic E-state index is -3.63. The normalized spacial score (nSPS) is 11.3. The van der Waals surface area contributed by atoms with E-state index in [0.717, 1.165) is 5.56 Å². The maximum Gasteiger partial charge on any atom is 0.251 e. The van der Waals surface area contributed by atoms with Crippen LogP contribution in [0.3, 0.4) is 0 Å². The molecule has 0 atom stereocenters. The second kappa shape index (κ2) is 10.1. The fraction of sp³-hybridized carbons (Fsp3) is 0.300. The van der Waals surface area contributed by atoms with Crippen molar-refractivity contribution in [2.24, 2.45) is 0 Å². The van der Waals surface area contributed by atoms with Crippen LogP contribution in [0.4, 0.5) is 4.39 Å². The third-order valence-electron chi connectivity index (χ3n) is 3.85. The number of halogens is 1. The average Bonchev–Trinajstić information content (AvgIpc) is 2.65. The third kappa shape index (κ3) is 7.28. The summed E-state index contributed by atoms with van der Waals surface area (Å²) >= 11 is 0. The molecular weight excluding hydrogens is 397 g/mol. The van der Waals surface area contributed by atoms with Gasteiger partial charge in [-0.3, -0.25) is 9.59 Å². The van der Waals surface area contributed by atoms with E-state index < -0.39 is 15.9 Å². The Morgan fingerprint density at radius 1 is 1.03 bits per heavy atom. The maximum atomic E-state index is 13.1. The van der Waals surface area contributed by atoms with Gasteiger partial charge in [-0.25, -0.2) is 17.5 Å². The third-order valence-corrected chi connectivity index (χ3v) is 5.53. The van der Waals surface area contributed by atoms with Gasteiger partial charge in [0.15, 0.2) is 0 Å². The number of carbonyl (C=O) groups excluding carboxylic acids is 2. The van der Waals surface area contributed by atoms with Gasteiger partial charge in [0.1, 0.15) is 5.82 Å². The molecule has 0 saturated heterocycles. The predicted molar refractivity (Wildman–Crippen MR) is 107 cm³/mol. The summed E-state index contributed by atoms with van der Waals surface area (Å²) < 4.78 is 39.7. The molecule has 156 valence electrons. The molecule has 2 aromatic rings. The molecule has 2 rings (SSSR count). The van der Waals surface area contributed by atoms with Crippen LogP contribution >= 0.6 is 0 Å². The van der Waals surface area contributed by atoms with Crippen LogP contribution in [-0.2, 0) is 21.2 Å². The van der Waals surface area contributed by atoms with Crippen molar-refractivity contribution in [1.29, 1.82) is 0 Å². The molecule has 0 radical (unpaired) electrons. The van der Waals surface area contributed by atoms with E-state index >= 15 is 0 Å². The van der Waals surface area contributed by atoms with Crippen molar-refractivity contribution >= 4 is 21.8 Å². The van der Waals surface area contributed by atoms with Gasteiger partial charge in [0.25, 0.3) is 5.91 Å². The van der Waals surface area contributed by atoms with Crippen LogP contribution in [0.25, 0.3) is 0 Å². The number of carbonyl (C=O) groups is 2. The smallest absolute Gasteiger partial charge is 0.251 e. The van der Waals surface area contributed by atoms with Crippen molar-refractivity contribution in [2.45, 2.75) is 31.2 Å². The summed E-state index contributed by atoms with van der Waals surface area (Å²) in [7, 11) is -3.63. The van der Waals surface area contributed by atoms with Crippen LogP contribution in [0.5, 0.6) is 0 Å². The number of hydrogen-bond donors (Lipinski definition) is 3. The van der Waals surface area contributed by atoms with Crippen molar-refractivity contribution in [3.8, 4) is 0 Å². The van der Waals surface area contributed by atoms with Gasteiger partial charge in [0.2, 0.25) is 15.9 Å². The molecule has 0 aliphatic heterocycles. The highest BCUT2D eigenvalue weighted by molar-refractivity contribution is 7.89. The van der Waals surface area contributed by atoms with Crippen LogP contribution in [0.15, 0.2) is 53.4 Å². The van der Waals surface area contributed by atoms with Gasteiger partial charge < -0.3 is 10.6 Å². The molecule has 0 aliphatic rings. The van der Waals surface area contributed by atoms with Crippen molar-refractivity contribution < 1.29 is 22.4 Å². The molecule has 0 fully saturated rings. The highest BCUT2D eigenvalue weighted by atomic mass is 32.2. The van der Waals surface area contributed by atoms with Gasteiger partial charge in [-0.15, -0.1) is 0 Å². The molecular formula is C20H24FN3O4S. The molecule has 0 aliphatic carbocycles. The van der Waals surface area contributed by atoms with Gasteiger partial charge in [0, 0.05) is 18.2 Å². The molecule has 3 N–H and O–H groups in total. The Morgan fingerprint density at radius 2 is 1.72 bits per heavy atom. The van der Waals surface area contributed by atoms with E-state index in [1.807, 2.05) is 0 Å². The van der Waals surface area contributed by atoms with Gasteiger partial charge in [-0.05, 0) is 62.2 Å². The van der Waals surface area contributed by atoms with Crippen molar-refractivity contribution in [2.75, 3.05) is 13.1 Å². The zero-order valence-electron chi connectivity index (χ0n) is 16.2. The summed E-state index contributed by atoms with van der Waals surface area (Å²) in [6, 6.07) is 11.3. The lowest BCUT2D eigenvalue weighted by Crippen LogP contribution is -2.37. The monoisotopic (exact) mass is 421 g/mol. The summed E-state index contributed by atoms with van der Waals surface area (Å²) in [5.41, 5.74) is 0.998. The molecule has 0 spiro atoms. The topological polar surface area (TPSA) is 104 Å². The van der Waals surface area contributed by atoms with Gasteiger partial charge in [-0.1, -0.05) is 12.1 Å². The average molecular weight is 421 g/mol. The Hall–Kier alpha value is -2.78. The predicted octanol–water partition coefficient (Wildman–Crippen LogP) is 1.60. The molecule has 0 bridgehead atoms. The maximum absolute atomic E-state index is 13.1. The van der Waals surface area contributed by atoms with Gasteiger partial charge >= 0.3 is 0 Å². The molecule has 0 aromatic heterocycles. The van der Waals surface area contributed by atoms with E-state index in [9.17, 15) is 22.4 Å². The molecule has 2 aromatic carbocycles.